The van der Waals surface area contributed by atoms with Gasteiger partial charge in [-0.25, -0.2) is 0 Å². The van der Waals surface area contributed by atoms with Crippen molar-refractivity contribution in [3.63, 3.8) is 0 Å². The molecule has 1 aliphatic rings. The highest BCUT2D eigenvalue weighted by atomic mass is 35.5. The summed E-state index contributed by atoms with van der Waals surface area (Å²) in [6, 6.07) is 6.01. The molecule has 18 heavy (non-hydrogen) atoms. The average molecular weight is 270 g/mol. The quantitative estimate of drug-likeness (QED) is 0.820. The van der Waals surface area contributed by atoms with E-state index in [0.29, 0.717) is 5.02 Å². The molecule has 0 saturated carbocycles. The minimum atomic E-state index is 0.675. The normalized spacial score (nSPS) is 16.8. The van der Waals surface area contributed by atoms with E-state index >= 15 is 0 Å². The molecule has 1 fully saturated rings. The van der Waals surface area contributed by atoms with Crippen LogP contribution in [0.4, 0.5) is 0 Å². The Balaban J connectivity index is 1.79. The number of methoxy groups -OCH3 is 1. The lowest BCUT2D eigenvalue weighted by Crippen LogP contribution is -2.36. The molecule has 0 spiro atoms. The second kappa shape index (κ2) is 6.98. The molecule has 0 unspecified atom stereocenters. The fourth-order valence-corrected chi connectivity index (χ4v) is 2.39. The molecule has 1 aromatic rings. The Kier molecular flexibility index (Phi) is 5.29. The number of halogens is 1. The van der Waals surface area contributed by atoms with Crippen molar-refractivity contribution in [1.82, 2.24) is 4.90 Å². The highest BCUT2D eigenvalue weighted by Gasteiger charge is 2.09. The molecule has 100 valence electrons. The molecule has 3 nitrogen and oxygen atoms in total. The number of morpholine rings is 1. The van der Waals surface area contributed by atoms with Crippen LogP contribution in [0.25, 0.3) is 0 Å². The Morgan fingerprint density at radius 1 is 1.33 bits per heavy atom. The van der Waals surface area contributed by atoms with Crippen molar-refractivity contribution >= 4 is 11.6 Å². The van der Waals surface area contributed by atoms with Crippen molar-refractivity contribution < 1.29 is 9.47 Å². The smallest absolute Gasteiger partial charge is 0.137 e. The first-order chi connectivity index (χ1) is 8.79. The number of ether oxygens (including phenoxy) is 2. The summed E-state index contributed by atoms with van der Waals surface area (Å²) in [7, 11) is 1.65. The molecule has 0 atom stereocenters. The monoisotopic (exact) mass is 269 g/mol. The zero-order valence-electron chi connectivity index (χ0n) is 10.8. The molecule has 2 rings (SSSR count). The topological polar surface area (TPSA) is 21.7 Å². The fourth-order valence-electron chi connectivity index (χ4n) is 2.19. The number of aryl methyl sites for hydroxylation is 1. The lowest BCUT2D eigenvalue weighted by Gasteiger charge is -2.26. The van der Waals surface area contributed by atoms with Crippen LogP contribution in [-0.2, 0) is 11.2 Å². The second-order valence-corrected chi connectivity index (χ2v) is 4.93. The van der Waals surface area contributed by atoms with Crippen molar-refractivity contribution in [3.8, 4) is 5.75 Å². The summed E-state index contributed by atoms with van der Waals surface area (Å²) in [6.07, 6.45) is 2.22. The molecule has 1 saturated heterocycles. The molecule has 1 aromatic carbocycles. The summed E-state index contributed by atoms with van der Waals surface area (Å²) < 4.78 is 10.6. The Hall–Kier alpha value is -0.770. The van der Waals surface area contributed by atoms with Gasteiger partial charge in [-0.2, -0.15) is 0 Å². The molecular formula is C14H20ClNO2. The fraction of sp³-hybridized carbons (Fsp3) is 0.571. The summed E-state index contributed by atoms with van der Waals surface area (Å²) in [6.45, 7) is 4.99. The Labute approximate surface area is 114 Å². The molecule has 0 radical (unpaired) electrons. The zero-order valence-corrected chi connectivity index (χ0v) is 11.6. The third-order valence-electron chi connectivity index (χ3n) is 3.26. The third kappa shape index (κ3) is 3.87. The lowest BCUT2D eigenvalue weighted by atomic mass is 10.1. The number of hydrogen-bond acceptors (Lipinski definition) is 3. The number of benzene rings is 1. The van der Waals surface area contributed by atoms with Crippen LogP contribution in [-0.4, -0.2) is 44.9 Å². The van der Waals surface area contributed by atoms with Crippen LogP contribution in [0.15, 0.2) is 18.2 Å². The van der Waals surface area contributed by atoms with Gasteiger partial charge in [0.15, 0.2) is 0 Å². The average Bonchev–Trinajstić information content (AvgIpc) is 2.42. The van der Waals surface area contributed by atoms with E-state index < -0.39 is 0 Å². The summed E-state index contributed by atoms with van der Waals surface area (Å²) in [5, 5.41) is 0.675. The van der Waals surface area contributed by atoms with E-state index in [4.69, 9.17) is 21.1 Å². The van der Waals surface area contributed by atoms with Crippen molar-refractivity contribution in [1.29, 1.82) is 0 Å². The van der Waals surface area contributed by atoms with E-state index in [1.165, 1.54) is 5.56 Å². The first-order valence-electron chi connectivity index (χ1n) is 6.42. The van der Waals surface area contributed by atoms with Crippen LogP contribution < -0.4 is 4.74 Å². The Morgan fingerprint density at radius 2 is 2.11 bits per heavy atom. The van der Waals surface area contributed by atoms with E-state index in [1.54, 1.807) is 7.11 Å². The summed E-state index contributed by atoms with van der Waals surface area (Å²) in [4.78, 5) is 2.46. The van der Waals surface area contributed by atoms with Gasteiger partial charge in [-0.1, -0.05) is 17.7 Å². The van der Waals surface area contributed by atoms with E-state index in [9.17, 15) is 0 Å². The van der Waals surface area contributed by atoms with Crippen molar-refractivity contribution in [3.05, 3.63) is 28.8 Å². The highest BCUT2D eigenvalue weighted by molar-refractivity contribution is 6.32. The van der Waals surface area contributed by atoms with Crippen LogP contribution in [0.3, 0.4) is 0 Å². The number of rotatable bonds is 5. The molecule has 0 aliphatic carbocycles. The Morgan fingerprint density at radius 3 is 2.83 bits per heavy atom. The lowest BCUT2D eigenvalue weighted by molar-refractivity contribution is 0.0374. The summed E-state index contributed by atoms with van der Waals surface area (Å²) >= 11 is 6.01. The largest absolute Gasteiger partial charge is 0.495 e. The van der Waals surface area contributed by atoms with Gasteiger partial charge in [0.05, 0.1) is 25.3 Å². The maximum Gasteiger partial charge on any atom is 0.137 e. The minimum Gasteiger partial charge on any atom is -0.495 e. The number of hydrogen-bond donors (Lipinski definition) is 0. The first kappa shape index (κ1) is 13.7. The van der Waals surface area contributed by atoms with Gasteiger partial charge in [0.25, 0.3) is 0 Å². The van der Waals surface area contributed by atoms with Gasteiger partial charge in [-0.05, 0) is 37.1 Å². The van der Waals surface area contributed by atoms with Crippen LogP contribution in [0.5, 0.6) is 5.75 Å². The van der Waals surface area contributed by atoms with Crippen LogP contribution in [0.1, 0.15) is 12.0 Å². The SMILES string of the molecule is COc1cc(CCCN2CCOCC2)ccc1Cl. The maximum absolute atomic E-state index is 6.01. The van der Waals surface area contributed by atoms with Crippen molar-refractivity contribution in [2.75, 3.05) is 40.0 Å². The molecule has 1 aliphatic heterocycles. The highest BCUT2D eigenvalue weighted by Crippen LogP contribution is 2.25. The number of nitrogens with zero attached hydrogens (tertiary/aromatic N) is 1. The van der Waals surface area contributed by atoms with Crippen molar-refractivity contribution in [2.45, 2.75) is 12.8 Å². The van der Waals surface area contributed by atoms with Gasteiger partial charge in [-0.15, -0.1) is 0 Å². The van der Waals surface area contributed by atoms with E-state index in [0.717, 1.165) is 51.4 Å². The molecule has 4 heteroatoms. The maximum atomic E-state index is 6.01. The van der Waals surface area contributed by atoms with Gasteiger partial charge < -0.3 is 9.47 Å². The molecule has 0 N–H and O–H groups in total. The minimum absolute atomic E-state index is 0.675. The van der Waals surface area contributed by atoms with E-state index in [1.807, 2.05) is 12.1 Å². The molecule has 1 heterocycles. The van der Waals surface area contributed by atoms with E-state index in [-0.39, 0.29) is 0 Å². The van der Waals surface area contributed by atoms with Gasteiger partial charge >= 0.3 is 0 Å². The molecular weight excluding hydrogens is 250 g/mol. The van der Waals surface area contributed by atoms with Gasteiger partial charge in [-0.3, -0.25) is 4.90 Å². The predicted octanol–water partition coefficient (Wildman–Crippen LogP) is 2.61. The standard InChI is InChI=1S/C14H20ClNO2/c1-17-14-11-12(4-5-13(14)15)3-2-6-16-7-9-18-10-8-16/h4-5,11H,2-3,6-10H2,1H3. The van der Waals surface area contributed by atoms with Gasteiger partial charge in [0.1, 0.15) is 5.75 Å². The van der Waals surface area contributed by atoms with E-state index in [2.05, 4.69) is 11.0 Å². The molecule has 0 aromatic heterocycles. The first-order valence-corrected chi connectivity index (χ1v) is 6.80. The second-order valence-electron chi connectivity index (χ2n) is 4.53. The van der Waals surface area contributed by atoms with Crippen LogP contribution >= 0.6 is 11.6 Å². The summed E-state index contributed by atoms with van der Waals surface area (Å²) in [5.74, 6) is 0.764. The van der Waals surface area contributed by atoms with Gasteiger partial charge in [0, 0.05) is 13.1 Å². The van der Waals surface area contributed by atoms with Gasteiger partial charge in [0.2, 0.25) is 0 Å². The third-order valence-corrected chi connectivity index (χ3v) is 3.57. The Bertz CT molecular complexity index is 378. The predicted molar refractivity (Wildman–Crippen MR) is 73.6 cm³/mol. The molecule has 0 bridgehead atoms. The molecule has 0 amide bonds. The summed E-state index contributed by atoms with van der Waals surface area (Å²) in [5.41, 5.74) is 1.28. The zero-order chi connectivity index (χ0) is 12.8. The van der Waals surface area contributed by atoms with Crippen LogP contribution in [0, 0.1) is 0 Å². The van der Waals surface area contributed by atoms with Crippen LogP contribution in [0.2, 0.25) is 5.02 Å². The van der Waals surface area contributed by atoms with Crippen molar-refractivity contribution in [2.24, 2.45) is 0 Å².